The van der Waals surface area contributed by atoms with E-state index in [-0.39, 0.29) is 41.0 Å². The first-order valence-electron chi connectivity index (χ1n) is 8.19. The molecule has 0 aliphatic heterocycles. The van der Waals surface area contributed by atoms with Gasteiger partial charge in [0.05, 0.1) is 9.79 Å². The maximum atomic E-state index is 12.7. The Bertz CT molecular complexity index is 959. The lowest BCUT2D eigenvalue weighted by molar-refractivity contribution is -0.173. The quantitative estimate of drug-likeness (QED) is 0.620. The predicted octanol–water partition coefficient (Wildman–Crippen LogP) is 2.43. The van der Waals surface area contributed by atoms with Crippen LogP contribution in [0.4, 0.5) is 13.2 Å². The van der Waals surface area contributed by atoms with Gasteiger partial charge in [-0.3, -0.25) is 4.79 Å². The molecule has 29 heavy (non-hydrogen) atoms. The number of methoxy groups -OCH3 is 1. The van der Waals surface area contributed by atoms with E-state index in [2.05, 4.69) is 0 Å². The van der Waals surface area contributed by atoms with Crippen molar-refractivity contribution in [3.8, 4) is 11.5 Å². The first-order chi connectivity index (χ1) is 13.6. The average Bonchev–Trinajstić information content (AvgIpc) is 2.66. The monoisotopic (exact) mass is 433 g/mol. The number of phenolic OH excluding ortho intramolecular Hbond substituents is 1. The molecule has 2 aromatic rings. The van der Waals surface area contributed by atoms with Gasteiger partial charge in [-0.05, 0) is 36.2 Å². The van der Waals surface area contributed by atoms with Crippen LogP contribution < -0.4 is 10.1 Å². The number of aromatic hydroxyl groups is 1. The van der Waals surface area contributed by atoms with Gasteiger partial charge in [-0.25, -0.2) is 8.42 Å². The summed E-state index contributed by atoms with van der Waals surface area (Å²) in [4.78, 5) is 10.6. The summed E-state index contributed by atoms with van der Waals surface area (Å²) in [5.41, 5.74) is 0.543. The molecule has 2 rings (SSSR count). The van der Waals surface area contributed by atoms with Crippen molar-refractivity contribution in [1.82, 2.24) is 5.32 Å². The molecule has 0 fully saturated rings. The number of hydrogen-bond acceptors (Lipinski definition) is 6. The molecule has 1 amide bonds. The van der Waals surface area contributed by atoms with Crippen LogP contribution in [0.2, 0.25) is 0 Å². The van der Waals surface area contributed by atoms with E-state index in [1.165, 1.54) is 43.5 Å². The number of sulfone groups is 1. The van der Waals surface area contributed by atoms with Gasteiger partial charge >= 0.3 is 12.1 Å². The van der Waals surface area contributed by atoms with E-state index in [0.717, 1.165) is 6.07 Å². The number of nitrogens with one attached hydrogen (secondary N) is 1. The van der Waals surface area contributed by atoms with Gasteiger partial charge in [0.25, 0.3) is 0 Å². The zero-order valence-electron chi connectivity index (χ0n) is 15.2. The number of phenols is 1. The summed E-state index contributed by atoms with van der Waals surface area (Å²) >= 11 is 0. The van der Waals surface area contributed by atoms with Crippen molar-refractivity contribution in [3.05, 3.63) is 48.0 Å². The molecule has 11 heteroatoms. The molecule has 0 aromatic heterocycles. The van der Waals surface area contributed by atoms with E-state index >= 15 is 0 Å². The van der Waals surface area contributed by atoms with Gasteiger partial charge in [0, 0.05) is 19.7 Å². The molecule has 0 unspecified atom stereocenters. The van der Waals surface area contributed by atoms with Gasteiger partial charge in [-0.15, -0.1) is 0 Å². The SMILES string of the molecule is COCOc1cc(S(=O)(=O)c2ccc(CCNC(=O)C(F)(F)F)cc2)ccc1O. The second-order valence-corrected chi connectivity index (χ2v) is 7.78. The van der Waals surface area contributed by atoms with Crippen LogP contribution in [0, 0.1) is 0 Å². The van der Waals surface area contributed by atoms with E-state index in [1.807, 2.05) is 0 Å². The van der Waals surface area contributed by atoms with E-state index in [0.29, 0.717) is 5.56 Å². The molecule has 0 aliphatic rings. The number of carbonyl (C=O) groups is 1. The molecule has 0 aliphatic carbocycles. The van der Waals surface area contributed by atoms with Gasteiger partial charge in [0.1, 0.15) is 0 Å². The second kappa shape index (κ2) is 9.14. The Kier molecular flexibility index (Phi) is 7.09. The third kappa shape index (κ3) is 5.84. The standard InChI is InChI=1S/C18H18F3NO6S/c1-27-11-28-16-10-14(6-7-15(16)23)29(25,26)13-4-2-12(3-5-13)8-9-22-17(24)18(19,20)21/h2-7,10,23H,8-9,11H2,1H3,(H,22,24). The Balaban J connectivity index is 2.11. The zero-order valence-corrected chi connectivity index (χ0v) is 16.0. The Morgan fingerprint density at radius 2 is 1.72 bits per heavy atom. The predicted molar refractivity (Wildman–Crippen MR) is 95.3 cm³/mol. The first kappa shape index (κ1) is 22.5. The summed E-state index contributed by atoms with van der Waals surface area (Å²) in [6, 6.07) is 9.03. The number of halogens is 3. The molecule has 0 radical (unpaired) electrons. The zero-order chi connectivity index (χ0) is 21.7. The van der Waals surface area contributed by atoms with Crippen LogP contribution >= 0.6 is 0 Å². The molecule has 2 N–H and O–H groups in total. The number of ether oxygens (including phenoxy) is 2. The minimum atomic E-state index is -4.95. The van der Waals surface area contributed by atoms with Crippen LogP contribution in [0.5, 0.6) is 11.5 Å². The van der Waals surface area contributed by atoms with Crippen LogP contribution in [-0.4, -0.2) is 46.1 Å². The number of amides is 1. The van der Waals surface area contributed by atoms with E-state index < -0.39 is 21.9 Å². The molecule has 0 bridgehead atoms. The van der Waals surface area contributed by atoms with Gasteiger partial charge in [0.2, 0.25) is 9.84 Å². The van der Waals surface area contributed by atoms with E-state index in [1.54, 1.807) is 5.32 Å². The van der Waals surface area contributed by atoms with Crippen LogP contribution in [0.1, 0.15) is 5.56 Å². The van der Waals surface area contributed by atoms with Crippen LogP contribution in [0.15, 0.2) is 52.3 Å². The van der Waals surface area contributed by atoms with Crippen LogP contribution in [-0.2, 0) is 25.8 Å². The fraction of sp³-hybridized carbons (Fsp3) is 0.278. The third-order valence-electron chi connectivity index (χ3n) is 3.76. The highest BCUT2D eigenvalue weighted by Crippen LogP contribution is 2.31. The highest BCUT2D eigenvalue weighted by molar-refractivity contribution is 7.91. The van der Waals surface area contributed by atoms with Crippen molar-refractivity contribution in [1.29, 1.82) is 0 Å². The Morgan fingerprint density at radius 3 is 2.31 bits per heavy atom. The molecule has 0 spiro atoms. The normalized spacial score (nSPS) is 11.9. The molecule has 0 atom stereocenters. The minimum Gasteiger partial charge on any atom is -0.504 e. The molecule has 7 nitrogen and oxygen atoms in total. The number of rotatable bonds is 8. The average molecular weight is 433 g/mol. The van der Waals surface area contributed by atoms with Crippen molar-refractivity contribution in [2.45, 2.75) is 22.4 Å². The molecule has 158 valence electrons. The third-order valence-corrected chi connectivity index (χ3v) is 5.53. The fourth-order valence-electron chi connectivity index (χ4n) is 2.29. The highest BCUT2D eigenvalue weighted by atomic mass is 32.2. The van der Waals surface area contributed by atoms with Gasteiger partial charge in [0.15, 0.2) is 18.3 Å². The van der Waals surface area contributed by atoms with Crippen molar-refractivity contribution < 1.29 is 41.0 Å². The summed E-state index contributed by atoms with van der Waals surface area (Å²) in [5.74, 6) is -2.35. The molecular weight excluding hydrogens is 415 g/mol. The maximum Gasteiger partial charge on any atom is 0.471 e. The van der Waals surface area contributed by atoms with E-state index in [9.17, 15) is 31.5 Å². The minimum absolute atomic E-state index is 0.0519. The lowest BCUT2D eigenvalue weighted by Crippen LogP contribution is -2.37. The molecule has 0 heterocycles. The lowest BCUT2D eigenvalue weighted by Gasteiger charge is -2.11. The van der Waals surface area contributed by atoms with Crippen molar-refractivity contribution in [2.24, 2.45) is 0 Å². The Morgan fingerprint density at radius 1 is 1.10 bits per heavy atom. The summed E-state index contributed by atoms with van der Waals surface area (Å²) in [6.45, 7) is -0.431. The van der Waals surface area contributed by atoms with Crippen molar-refractivity contribution >= 4 is 15.7 Å². The first-order valence-corrected chi connectivity index (χ1v) is 9.68. The summed E-state index contributed by atoms with van der Waals surface area (Å²) < 4.78 is 71.7. The topological polar surface area (TPSA) is 102 Å². The Labute approximate surface area is 165 Å². The molecule has 0 saturated heterocycles. The van der Waals surface area contributed by atoms with Crippen molar-refractivity contribution in [2.75, 3.05) is 20.4 Å². The lowest BCUT2D eigenvalue weighted by atomic mass is 10.1. The number of hydrogen-bond donors (Lipinski definition) is 2. The fourth-order valence-corrected chi connectivity index (χ4v) is 3.57. The largest absolute Gasteiger partial charge is 0.504 e. The van der Waals surface area contributed by atoms with Crippen molar-refractivity contribution in [3.63, 3.8) is 0 Å². The van der Waals surface area contributed by atoms with Gasteiger partial charge in [-0.2, -0.15) is 13.2 Å². The molecule has 0 saturated carbocycles. The van der Waals surface area contributed by atoms with Crippen LogP contribution in [0.25, 0.3) is 0 Å². The maximum absolute atomic E-state index is 12.7. The van der Waals surface area contributed by atoms with E-state index in [4.69, 9.17) is 9.47 Å². The van der Waals surface area contributed by atoms with Gasteiger partial charge < -0.3 is 19.9 Å². The second-order valence-electron chi connectivity index (χ2n) is 5.83. The van der Waals surface area contributed by atoms with Gasteiger partial charge in [-0.1, -0.05) is 12.1 Å². The Hall–Kier alpha value is -2.79. The molecule has 2 aromatic carbocycles. The number of carbonyl (C=O) groups excluding carboxylic acids is 1. The summed E-state index contributed by atoms with van der Waals surface area (Å²) in [6.07, 6.45) is -4.86. The van der Waals surface area contributed by atoms with Crippen LogP contribution in [0.3, 0.4) is 0 Å². The summed E-state index contributed by atoms with van der Waals surface area (Å²) in [7, 11) is -2.55. The number of benzene rings is 2. The number of alkyl halides is 3. The summed E-state index contributed by atoms with van der Waals surface area (Å²) in [5, 5.41) is 11.5. The highest BCUT2D eigenvalue weighted by Gasteiger charge is 2.38. The smallest absolute Gasteiger partial charge is 0.471 e. The molecular formula is C18H18F3NO6S.